The molecule has 0 saturated heterocycles. The number of nitrogens with one attached hydrogen (secondary N) is 1. The molecule has 0 atom stereocenters. The summed E-state index contributed by atoms with van der Waals surface area (Å²) < 4.78 is 6.76. The van der Waals surface area contributed by atoms with E-state index in [-0.39, 0.29) is 16.9 Å². The molecular weight excluding hydrogens is 242 g/mol. The van der Waals surface area contributed by atoms with Crippen LogP contribution in [0.25, 0.3) is 0 Å². The monoisotopic (exact) mass is 253 g/mol. The first-order valence-electron chi connectivity index (χ1n) is 5.09. The van der Waals surface area contributed by atoms with E-state index >= 15 is 0 Å². The van der Waals surface area contributed by atoms with Crippen molar-refractivity contribution in [3.05, 3.63) is 40.6 Å². The standard InChI is InChI=1S/C11H12ClN3O2/c1-7-8(6-14-15(7)2)5-13-11(16)9-3-4-10(12)17-9/h3-4,6H,5H2,1-2H3,(H,13,16). The molecule has 0 aliphatic carbocycles. The second-order valence-corrected chi connectivity index (χ2v) is 4.04. The molecule has 2 heterocycles. The van der Waals surface area contributed by atoms with Gasteiger partial charge in [0.2, 0.25) is 0 Å². The minimum atomic E-state index is -0.292. The largest absolute Gasteiger partial charge is 0.440 e. The first-order chi connectivity index (χ1) is 8.08. The molecule has 0 aliphatic rings. The molecule has 90 valence electrons. The van der Waals surface area contributed by atoms with Gasteiger partial charge >= 0.3 is 0 Å². The third-order valence-electron chi connectivity index (χ3n) is 2.57. The molecule has 2 rings (SSSR count). The highest BCUT2D eigenvalue weighted by Crippen LogP contribution is 2.13. The van der Waals surface area contributed by atoms with E-state index in [4.69, 9.17) is 16.0 Å². The molecule has 2 aromatic heterocycles. The van der Waals surface area contributed by atoms with Gasteiger partial charge in [-0.05, 0) is 30.7 Å². The lowest BCUT2D eigenvalue weighted by Crippen LogP contribution is -2.22. The zero-order valence-corrected chi connectivity index (χ0v) is 10.3. The molecule has 6 heteroatoms. The molecule has 0 aliphatic heterocycles. The van der Waals surface area contributed by atoms with Crippen molar-refractivity contribution >= 4 is 17.5 Å². The maximum atomic E-state index is 11.7. The summed E-state index contributed by atoms with van der Waals surface area (Å²) in [5.74, 6) is -0.0864. The van der Waals surface area contributed by atoms with Crippen molar-refractivity contribution in [3.63, 3.8) is 0 Å². The van der Waals surface area contributed by atoms with Gasteiger partial charge in [0, 0.05) is 24.8 Å². The number of hydrogen-bond acceptors (Lipinski definition) is 3. The number of hydrogen-bond donors (Lipinski definition) is 1. The Kier molecular flexibility index (Phi) is 3.19. The molecule has 5 nitrogen and oxygen atoms in total. The number of halogens is 1. The number of aryl methyl sites for hydroxylation is 1. The van der Waals surface area contributed by atoms with Gasteiger partial charge in [-0.25, -0.2) is 0 Å². The van der Waals surface area contributed by atoms with Gasteiger partial charge in [-0.3, -0.25) is 9.48 Å². The highest BCUT2D eigenvalue weighted by Gasteiger charge is 2.11. The quantitative estimate of drug-likeness (QED) is 0.909. The Balaban J connectivity index is 1.99. The highest BCUT2D eigenvalue weighted by atomic mass is 35.5. The van der Waals surface area contributed by atoms with Crippen molar-refractivity contribution in [2.75, 3.05) is 0 Å². The molecule has 0 fully saturated rings. The lowest BCUT2D eigenvalue weighted by atomic mass is 10.2. The van der Waals surface area contributed by atoms with E-state index in [2.05, 4.69) is 10.4 Å². The normalized spacial score (nSPS) is 10.5. The maximum absolute atomic E-state index is 11.7. The van der Waals surface area contributed by atoms with Gasteiger partial charge in [-0.1, -0.05) is 0 Å². The summed E-state index contributed by atoms with van der Waals surface area (Å²) in [4.78, 5) is 11.7. The van der Waals surface area contributed by atoms with E-state index < -0.39 is 0 Å². The molecule has 0 unspecified atom stereocenters. The van der Waals surface area contributed by atoms with Crippen LogP contribution in [-0.4, -0.2) is 15.7 Å². The Morgan fingerprint density at radius 1 is 1.59 bits per heavy atom. The fourth-order valence-electron chi connectivity index (χ4n) is 1.42. The predicted molar refractivity (Wildman–Crippen MR) is 62.8 cm³/mol. The van der Waals surface area contributed by atoms with Crippen LogP contribution in [0.5, 0.6) is 0 Å². The van der Waals surface area contributed by atoms with Crippen molar-refractivity contribution in [1.82, 2.24) is 15.1 Å². The van der Waals surface area contributed by atoms with Crippen LogP contribution in [0.15, 0.2) is 22.7 Å². The number of rotatable bonds is 3. The summed E-state index contributed by atoms with van der Waals surface area (Å²) in [6.07, 6.45) is 1.73. The summed E-state index contributed by atoms with van der Waals surface area (Å²) in [6.45, 7) is 2.36. The van der Waals surface area contributed by atoms with Crippen LogP contribution in [0.3, 0.4) is 0 Å². The Hall–Kier alpha value is -1.75. The molecule has 0 radical (unpaired) electrons. The van der Waals surface area contributed by atoms with E-state index in [1.807, 2.05) is 14.0 Å². The van der Waals surface area contributed by atoms with Gasteiger partial charge in [0.15, 0.2) is 11.0 Å². The van der Waals surface area contributed by atoms with Crippen LogP contribution < -0.4 is 5.32 Å². The van der Waals surface area contributed by atoms with Crippen LogP contribution >= 0.6 is 11.6 Å². The van der Waals surface area contributed by atoms with Crippen molar-refractivity contribution in [1.29, 1.82) is 0 Å². The van der Waals surface area contributed by atoms with Gasteiger partial charge in [-0.15, -0.1) is 0 Å². The molecule has 17 heavy (non-hydrogen) atoms. The van der Waals surface area contributed by atoms with Gasteiger partial charge in [0.05, 0.1) is 6.20 Å². The van der Waals surface area contributed by atoms with Crippen LogP contribution in [0.2, 0.25) is 5.22 Å². The second-order valence-electron chi connectivity index (χ2n) is 3.67. The van der Waals surface area contributed by atoms with Crippen molar-refractivity contribution < 1.29 is 9.21 Å². The average Bonchev–Trinajstić information content (AvgIpc) is 2.86. The predicted octanol–water partition coefficient (Wildman–Crippen LogP) is 1.90. The second kappa shape index (κ2) is 4.63. The molecule has 0 bridgehead atoms. The molecule has 0 spiro atoms. The number of nitrogens with zero attached hydrogens (tertiary/aromatic N) is 2. The third kappa shape index (κ3) is 2.50. The summed E-state index contributed by atoms with van der Waals surface area (Å²) in [5, 5.41) is 7.03. The van der Waals surface area contributed by atoms with E-state index in [9.17, 15) is 4.79 Å². The Morgan fingerprint density at radius 2 is 2.35 bits per heavy atom. The minimum absolute atomic E-state index is 0.202. The van der Waals surface area contributed by atoms with Crippen molar-refractivity contribution in [3.8, 4) is 0 Å². The number of amides is 1. The van der Waals surface area contributed by atoms with E-state index in [0.717, 1.165) is 11.3 Å². The summed E-state index contributed by atoms with van der Waals surface area (Å²) >= 11 is 5.59. The summed E-state index contributed by atoms with van der Waals surface area (Å²) in [7, 11) is 1.85. The Labute approximate surface area is 103 Å². The molecule has 1 N–H and O–H groups in total. The number of furan rings is 1. The van der Waals surface area contributed by atoms with Gasteiger partial charge in [0.25, 0.3) is 5.91 Å². The third-order valence-corrected chi connectivity index (χ3v) is 2.78. The van der Waals surface area contributed by atoms with E-state index in [1.165, 1.54) is 12.1 Å². The first kappa shape index (κ1) is 11.7. The summed E-state index contributed by atoms with van der Waals surface area (Å²) in [6, 6.07) is 3.07. The van der Waals surface area contributed by atoms with Crippen LogP contribution in [0.4, 0.5) is 0 Å². The summed E-state index contributed by atoms with van der Waals surface area (Å²) in [5.41, 5.74) is 1.99. The number of aromatic nitrogens is 2. The van der Waals surface area contributed by atoms with Crippen molar-refractivity contribution in [2.24, 2.45) is 7.05 Å². The zero-order valence-electron chi connectivity index (χ0n) is 9.53. The molecular formula is C11H12ClN3O2. The zero-order chi connectivity index (χ0) is 12.4. The minimum Gasteiger partial charge on any atom is -0.440 e. The smallest absolute Gasteiger partial charge is 0.287 e. The van der Waals surface area contributed by atoms with Crippen LogP contribution in [-0.2, 0) is 13.6 Å². The average molecular weight is 254 g/mol. The topological polar surface area (TPSA) is 60.1 Å². The highest BCUT2D eigenvalue weighted by molar-refractivity contribution is 6.29. The SMILES string of the molecule is Cc1c(CNC(=O)c2ccc(Cl)o2)cnn1C. The fourth-order valence-corrected chi connectivity index (χ4v) is 1.56. The van der Waals surface area contributed by atoms with Crippen molar-refractivity contribution in [2.45, 2.75) is 13.5 Å². The van der Waals surface area contributed by atoms with Gasteiger partial charge in [-0.2, -0.15) is 5.10 Å². The van der Waals surface area contributed by atoms with E-state index in [1.54, 1.807) is 10.9 Å². The molecule has 2 aromatic rings. The lowest BCUT2D eigenvalue weighted by molar-refractivity contribution is 0.0923. The van der Waals surface area contributed by atoms with Crippen LogP contribution in [0.1, 0.15) is 21.8 Å². The fraction of sp³-hybridized carbons (Fsp3) is 0.273. The Morgan fingerprint density at radius 3 is 2.88 bits per heavy atom. The van der Waals surface area contributed by atoms with Gasteiger partial charge in [0.1, 0.15) is 0 Å². The maximum Gasteiger partial charge on any atom is 0.287 e. The number of carbonyl (C=O) groups is 1. The molecule has 0 saturated carbocycles. The first-order valence-corrected chi connectivity index (χ1v) is 5.46. The molecule has 0 aromatic carbocycles. The van der Waals surface area contributed by atoms with Gasteiger partial charge < -0.3 is 9.73 Å². The molecule has 1 amide bonds. The Bertz CT molecular complexity index is 545. The van der Waals surface area contributed by atoms with Crippen LogP contribution in [0, 0.1) is 6.92 Å². The lowest BCUT2D eigenvalue weighted by Gasteiger charge is -2.02. The number of carbonyl (C=O) groups excluding carboxylic acids is 1. The van der Waals surface area contributed by atoms with E-state index in [0.29, 0.717) is 6.54 Å².